The van der Waals surface area contributed by atoms with Gasteiger partial charge in [0.1, 0.15) is 5.82 Å². The third-order valence-corrected chi connectivity index (χ3v) is 4.42. The molecule has 0 aliphatic carbocycles. The molecular formula is C14H16N2O2S2. The second-order valence-electron chi connectivity index (χ2n) is 4.41. The van der Waals surface area contributed by atoms with E-state index < -0.39 is 5.97 Å². The molecule has 1 aromatic heterocycles. The van der Waals surface area contributed by atoms with Crippen molar-refractivity contribution in [2.75, 3.05) is 12.3 Å². The molecular weight excluding hydrogens is 292 g/mol. The number of carbonyl (C=O) groups is 1. The van der Waals surface area contributed by atoms with Gasteiger partial charge in [-0.25, -0.2) is 4.79 Å². The minimum absolute atomic E-state index is 0.312. The largest absolute Gasteiger partial charge is 0.462 e. The molecule has 0 spiro atoms. The van der Waals surface area contributed by atoms with Gasteiger partial charge in [-0.15, -0.1) is 0 Å². The highest BCUT2D eigenvalue weighted by Crippen LogP contribution is 2.27. The lowest BCUT2D eigenvalue weighted by Crippen LogP contribution is -2.08. The van der Waals surface area contributed by atoms with E-state index in [4.69, 9.17) is 22.7 Å². The quantitative estimate of drug-likeness (QED) is 0.694. The standard InChI is InChI=1S/C14H16N2O2S2/c1-4-18-13(17)11-12(15)16(14(19)20-11)10-6-5-8(2)9(3)7-10/h5-7H,4,15H2,1-3H3. The number of nitrogens with zero attached hydrogens (tertiary/aromatic N) is 1. The first-order valence-electron chi connectivity index (χ1n) is 6.21. The predicted octanol–water partition coefficient (Wildman–Crippen LogP) is 3.64. The van der Waals surface area contributed by atoms with Crippen molar-refractivity contribution in [2.24, 2.45) is 0 Å². The van der Waals surface area contributed by atoms with Crippen molar-refractivity contribution in [2.45, 2.75) is 20.8 Å². The third kappa shape index (κ3) is 2.62. The van der Waals surface area contributed by atoms with Crippen molar-refractivity contribution in [3.63, 3.8) is 0 Å². The number of rotatable bonds is 3. The highest BCUT2D eigenvalue weighted by atomic mass is 32.1. The number of hydrogen-bond donors (Lipinski definition) is 1. The zero-order valence-electron chi connectivity index (χ0n) is 11.6. The maximum absolute atomic E-state index is 11.8. The Labute approximate surface area is 126 Å². The van der Waals surface area contributed by atoms with E-state index in [0.29, 0.717) is 21.3 Å². The molecule has 0 saturated heterocycles. The minimum atomic E-state index is -0.427. The fraction of sp³-hybridized carbons (Fsp3) is 0.286. The molecule has 6 heteroatoms. The van der Waals surface area contributed by atoms with Crippen molar-refractivity contribution in [1.29, 1.82) is 0 Å². The van der Waals surface area contributed by atoms with E-state index in [1.165, 1.54) is 16.9 Å². The first-order chi connectivity index (χ1) is 9.45. The fourth-order valence-electron chi connectivity index (χ4n) is 1.84. The van der Waals surface area contributed by atoms with Gasteiger partial charge in [0.05, 0.1) is 6.61 Å². The summed E-state index contributed by atoms with van der Waals surface area (Å²) in [6.07, 6.45) is 0. The van der Waals surface area contributed by atoms with Crippen LogP contribution in [0.3, 0.4) is 0 Å². The van der Waals surface area contributed by atoms with Crippen LogP contribution in [0.25, 0.3) is 5.69 Å². The number of ether oxygens (including phenoxy) is 1. The number of hydrogen-bond acceptors (Lipinski definition) is 5. The molecule has 1 aromatic carbocycles. The van der Waals surface area contributed by atoms with Crippen molar-refractivity contribution >= 4 is 35.3 Å². The van der Waals surface area contributed by atoms with E-state index in [1.54, 1.807) is 11.5 Å². The number of nitrogens with two attached hydrogens (primary N) is 1. The van der Waals surface area contributed by atoms with Gasteiger partial charge in [-0.3, -0.25) is 4.57 Å². The second-order valence-corrected chi connectivity index (χ2v) is 6.05. The van der Waals surface area contributed by atoms with Gasteiger partial charge >= 0.3 is 5.97 Å². The van der Waals surface area contributed by atoms with Gasteiger partial charge in [-0.1, -0.05) is 17.4 Å². The van der Waals surface area contributed by atoms with Crippen LogP contribution in [-0.4, -0.2) is 17.1 Å². The maximum atomic E-state index is 11.8. The molecule has 0 amide bonds. The molecule has 0 aliphatic rings. The lowest BCUT2D eigenvalue weighted by molar-refractivity contribution is 0.0533. The van der Waals surface area contributed by atoms with Gasteiger partial charge in [0.15, 0.2) is 8.83 Å². The number of benzene rings is 1. The Balaban J connectivity index is 2.55. The monoisotopic (exact) mass is 308 g/mol. The van der Waals surface area contributed by atoms with E-state index in [9.17, 15) is 4.79 Å². The highest BCUT2D eigenvalue weighted by Gasteiger charge is 2.19. The van der Waals surface area contributed by atoms with Gasteiger partial charge in [0.25, 0.3) is 0 Å². The van der Waals surface area contributed by atoms with Crippen LogP contribution >= 0.6 is 23.6 Å². The Bertz CT molecular complexity index is 716. The molecule has 2 N–H and O–H groups in total. The zero-order chi connectivity index (χ0) is 14.9. The van der Waals surface area contributed by atoms with Crippen LogP contribution < -0.4 is 5.73 Å². The minimum Gasteiger partial charge on any atom is -0.462 e. The lowest BCUT2D eigenvalue weighted by Gasteiger charge is -2.08. The average molecular weight is 308 g/mol. The summed E-state index contributed by atoms with van der Waals surface area (Å²) in [6, 6.07) is 5.95. The second kappa shape index (κ2) is 5.76. The molecule has 4 nitrogen and oxygen atoms in total. The summed E-state index contributed by atoms with van der Waals surface area (Å²) < 4.78 is 7.23. The summed E-state index contributed by atoms with van der Waals surface area (Å²) >= 11 is 6.49. The van der Waals surface area contributed by atoms with Crippen LogP contribution in [0.2, 0.25) is 0 Å². The van der Waals surface area contributed by atoms with Gasteiger partial charge in [-0.2, -0.15) is 0 Å². The molecule has 0 unspecified atom stereocenters. The summed E-state index contributed by atoms with van der Waals surface area (Å²) in [6.45, 7) is 6.14. The molecule has 0 atom stereocenters. The van der Waals surface area contributed by atoms with Crippen LogP contribution in [0, 0.1) is 17.8 Å². The van der Waals surface area contributed by atoms with E-state index in [-0.39, 0.29) is 0 Å². The smallest absolute Gasteiger partial charge is 0.352 e. The van der Waals surface area contributed by atoms with E-state index >= 15 is 0 Å². The van der Waals surface area contributed by atoms with Crippen LogP contribution in [0.15, 0.2) is 18.2 Å². The summed E-state index contributed by atoms with van der Waals surface area (Å²) in [7, 11) is 0. The highest BCUT2D eigenvalue weighted by molar-refractivity contribution is 7.73. The lowest BCUT2D eigenvalue weighted by atomic mass is 10.1. The van der Waals surface area contributed by atoms with Crippen LogP contribution in [0.5, 0.6) is 0 Å². The Hall–Kier alpha value is -1.66. The van der Waals surface area contributed by atoms with E-state index in [0.717, 1.165) is 11.3 Å². The number of aromatic nitrogens is 1. The predicted molar refractivity (Wildman–Crippen MR) is 84.3 cm³/mol. The molecule has 0 saturated carbocycles. The number of thiazole rings is 1. The molecule has 106 valence electrons. The summed E-state index contributed by atoms with van der Waals surface area (Å²) in [5.41, 5.74) is 9.26. The molecule has 0 bridgehead atoms. The Morgan fingerprint density at radius 3 is 2.70 bits per heavy atom. The SMILES string of the molecule is CCOC(=O)c1sc(=S)n(-c2ccc(C)c(C)c2)c1N. The Morgan fingerprint density at radius 1 is 1.40 bits per heavy atom. The summed E-state index contributed by atoms with van der Waals surface area (Å²) in [5.74, 6) is -0.0922. The molecule has 1 heterocycles. The topological polar surface area (TPSA) is 57.2 Å². The number of esters is 1. The van der Waals surface area contributed by atoms with Crippen LogP contribution in [-0.2, 0) is 4.74 Å². The Kier molecular flexibility index (Phi) is 4.25. The van der Waals surface area contributed by atoms with Crippen LogP contribution in [0.4, 0.5) is 5.82 Å². The van der Waals surface area contributed by atoms with Crippen molar-refractivity contribution in [3.8, 4) is 5.69 Å². The Morgan fingerprint density at radius 2 is 2.10 bits per heavy atom. The van der Waals surface area contributed by atoms with E-state index in [2.05, 4.69) is 0 Å². The summed E-state index contributed by atoms with van der Waals surface area (Å²) in [5, 5.41) is 0. The van der Waals surface area contributed by atoms with Crippen molar-refractivity contribution < 1.29 is 9.53 Å². The van der Waals surface area contributed by atoms with Gasteiger partial charge in [0.2, 0.25) is 0 Å². The maximum Gasteiger partial charge on any atom is 0.352 e. The fourth-order valence-corrected chi connectivity index (χ4v) is 3.10. The molecule has 0 radical (unpaired) electrons. The first kappa shape index (κ1) is 14.7. The number of aryl methyl sites for hydroxylation is 2. The van der Waals surface area contributed by atoms with Gasteiger partial charge in [0, 0.05) is 5.69 Å². The normalized spacial score (nSPS) is 10.6. The molecule has 2 aromatic rings. The third-order valence-electron chi connectivity index (χ3n) is 3.06. The molecule has 0 fully saturated rings. The van der Waals surface area contributed by atoms with Crippen LogP contribution in [0.1, 0.15) is 27.7 Å². The van der Waals surface area contributed by atoms with Gasteiger partial charge in [-0.05, 0) is 56.2 Å². The number of carbonyl (C=O) groups excluding carboxylic acids is 1. The summed E-state index contributed by atoms with van der Waals surface area (Å²) in [4.78, 5) is 12.2. The average Bonchev–Trinajstić information content (AvgIpc) is 2.69. The van der Waals surface area contributed by atoms with Crippen molar-refractivity contribution in [3.05, 3.63) is 38.2 Å². The van der Waals surface area contributed by atoms with Crippen molar-refractivity contribution in [1.82, 2.24) is 4.57 Å². The molecule has 2 rings (SSSR count). The zero-order valence-corrected chi connectivity index (χ0v) is 13.2. The number of anilines is 1. The first-order valence-corrected chi connectivity index (χ1v) is 7.44. The van der Waals surface area contributed by atoms with Gasteiger partial charge < -0.3 is 10.5 Å². The number of nitrogen functional groups attached to an aromatic ring is 1. The van der Waals surface area contributed by atoms with E-state index in [1.807, 2.05) is 32.0 Å². The molecule has 0 aliphatic heterocycles. The molecule has 20 heavy (non-hydrogen) atoms.